The summed E-state index contributed by atoms with van der Waals surface area (Å²) in [5, 5.41) is 10.1. The van der Waals surface area contributed by atoms with Gasteiger partial charge in [0.2, 0.25) is 0 Å². The predicted molar refractivity (Wildman–Crippen MR) is 87.9 cm³/mol. The van der Waals surface area contributed by atoms with Crippen molar-refractivity contribution in [2.24, 2.45) is 0 Å². The van der Waals surface area contributed by atoms with Crippen LogP contribution in [0.3, 0.4) is 0 Å². The third-order valence-corrected chi connectivity index (χ3v) is 7.23. The number of piperidine rings is 1. The maximum atomic E-state index is 10.1. The monoisotopic (exact) mass is 335 g/mol. The van der Waals surface area contributed by atoms with Crippen molar-refractivity contribution in [2.75, 3.05) is 47.6 Å². The molecule has 1 saturated heterocycles. The van der Waals surface area contributed by atoms with E-state index in [1.54, 1.807) is 21.3 Å². The van der Waals surface area contributed by atoms with Crippen LogP contribution in [0.1, 0.15) is 32.6 Å². The zero-order valence-corrected chi connectivity index (χ0v) is 15.5. The SMILES string of the molecule is CO[Si](CCCOCC(O)CN1CCCCC1C)(OC)OC. The van der Waals surface area contributed by atoms with Crippen molar-refractivity contribution < 1.29 is 23.1 Å². The number of aliphatic hydroxyl groups excluding tert-OH is 1. The average Bonchev–Trinajstić information content (AvgIpc) is 2.54. The van der Waals surface area contributed by atoms with Crippen molar-refractivity contribution in [1.82, 2.24) is 4.90 Å². The first-order valence-corrected chi connectivity index (χ1v) is 10.2. The van der Waals surface area contributed by atoms with Crippen LogP contribution in [0.5, 0.6) is 0 Å². The summed E-state index contributed by atoms with van der Waals surface area (Å²) in [6.07, 6.45) is 4.14. The standard InChI is InChI=1S/C15H33NO5Si/c1-14-8-5-6-9-16(14)12-15(17)13-21-10-7-11-22(18-2,19-3)20-4/h14-15,17H,5-13H2,1-4H3. The molecule has 6 nitrogen and oxygen atoms in total. The predicted octanol–water partition coefficient (Wildman–Crippen LogP) is 1.51. The maximum absolute atomic E-state index is 10.1. The highest BCUT2D eigenvalue weighted by Gasteiger charge is 2.36. The van der Waals surface area contributed by atoms with Crippen molar-refractivity contribution in [1.29, 1.82) is 0 Å². The number of hydrogen-bond donors (Lipinski definition) is 1. The Balaban J connectivity index is 2.13. The quantitative estimate of drug-likeness (QED) is 0.456. The lowest BCUT2D eigenvalue weighted by atomic mass is 10.0. The van der Waals surface area contributed by atoms with Crippen molar-refractivity contribution >= 4 is 8.80 Å². The van der Waals surface area contributed by atoms with E-state index >= 15 is 0 Å². The van der Waals surface area contributed by atoms with Crippen LogP contribution in [-0.4, -0.2) is 78.6 Å². The summed E-state index contributed by atoms with van der Waals surface area (Å²) in [6, 6.07) is 1.29. The smallest absolute Gasteiger partial charge is 0.389 e. The molecule has 7 heteroatoms. The van der Waals surface area contributed by atoms with E-state index < -0.39 is 14.9 Å². The highest BCUT2D eigenvalue weighted by Crippen LogP contribution is 2.17. The van der Waals surface area contributed by atoms with Gasteiger partial charge in [0.05, 0.1) is 12.7 Å². The molecule has 0 bridgehead atoms. The van der Waals surface area contributed by atoms with Gasteiger partial charge in [0, 0.05) is 46.6 Å². The molecule has 1 heterocycles. The van der Waals surface area contributed by atoms with Crippen LogP contribution in [0.25, 0.3) is 0 Å². The van der Waals surface area contributed by atoms with Gasteiger partial charge in [0.15, 0.2) is 0 Å². The number of hydrogen-bond acceptors (Lipinski definition) is 6. The van der Waals surface area contributed by atoms with Gasteiger partial charge in [-0.15, -0.1) is 0 Å². The Kier molecular flexibility index (Phi) is 9.73. The molecule has 1 aliphatic heterocycles. The van der Waals surface area contributed by atoms with E-state index in [0.717, 1.165) is 19.0 Å². The Hall–Kier alpha value is -0.0231. The van der Waals surface area contributed by atoms with Gasteiger partial charge in [0.1, 0.15) is 0 Å². The van der Waals surface area contributed by atoms with Crippen LogP contribution in [0.15, 0.2) is 0 Å². The molecule has 0 aromatic carbocycles. The normalized spacial score (nSPS) is 22.0. The first-order chi connectivity index (χ1) is 10.6. The minimum Gasteiger partial charge on any atom is -0.389 e. The zero-order valence-electron chi connectivity index (χ0n) is 14.5. The first-order valence-electron chi connectivity index (χ1n) is 8.22. The lowest BCUT2D eigenvalue weighted by Crippen LogP contribution is -2.43. The molecule has 1 fully saturated rings. The summed E-state index contributed by atoms with van der Waals surface area (Å²) < 4.78 is 21.7. The number of rotatable bonds is 11. The van der Waals surface area contributed by atoms with E-state index in [2.05, 4.69) is 11.8 Å². The molecule has 0 amide bonds. The largest absolute Gasteiger partial charge is 0.500 e. The second-order valence-corrected chi connectivity index (χ2v) is 9.06. The summed E-state index contributed by atoms with van der Waals surface area (Å²) in [6.45, 7) is 4.98. The molecule has 0 radical (unpaired) electrons. The summed E-state index contributed by atoms with van der Waals surface area (Å²) in [4.78, 5) is 2.36. The molecule has 1 rings (SSSR count). The van der Waals surface area contributed by atoms with Crippen LogP contribution < -0.4 is 0 Å². The van der Waals surface area contributed by atoms with Gasteiger partial charge in [-0.05, 0) is 32.7 Å². The summed E-state index contributed by atoms with van der Waals surface area (Å²) in [7, 11) is 2.35. The zero-order chi connectivity index (χ0) is 16.4. The molecule has 1 aliphatic rings. The highest BCUT2D eigenvalue weighted by molar-refractivity contribution is 6.60. The topological polar surface area (TPSA) is 60.4 Å². The molecule has 0 spiro atoms. The van der Waals surface area contributed by atoms with Gasteiger partial charge in [-0.25, -0.2) is 0 Å². The lowest BCUT2D eigenvalue weighted by molar-refractivity contribution is 0.00354. The van der Waals surface area contributed by atoms with Gasteiger partial charge in [-0.3, -0.25) is 4.90 Å². The number of likely N-dealkylation sites (tertiary alicyclic amines) is 1. The molecule has 2 unspecified atom stereocenters. The molecule has 0 aromatic rings. The molecule has 0 aliphatic carbocycles. The van der Waals surface area contributed by atoms with Crippen molar-refractivity contribution in [3.63, 3.8) is 0 Å². The fraction of sp³-hybridized carbons (Fsp3) is 1.00. The molecular weight excluding hydrogens is 302 g/mol. The van der Waals surface area contributed by atoms with Gasteiger partial charge in [-0.2, -0.15) is 0 Å². The first kappa shape index (κ1) is 20.0. The van der Waals surface area contributed by atoms with E-state index in [4.69, 9.17) is 18.0 Å². The molecule has 0 aromatic heterocycles. The van der Waals surface area contributed by atoms with E-state index in [0.29, 0.717) is 25.8 Å². The van der Waals surface area contributed by atoms with Crippen molar-refractivity contribution in [3.05, 3.63) is 0 Å². The van der Waals surface area contributed by atoms with E-state index in [9.17, 15) is 5.11 Å². The second kappa shape index (κ2) is 10.7. The van der Waals surface area contributed by atoms with Crippen LogP contribution in [-0.2, 0) is 18.0 Å². The van der Waals surface area contributed by atoms with E-state index in [1.165, 1.54) is 19.3 Å². The van der Waals surface area contributed by atoms with Gasteiger partial charge >= 0.3 is 8.80 Å². The van der Waals surface area contributed by atoms with Crippen molar-refractivity contribution in [2.45, 2.75) is 50.8 Å². The molecule has 1 N–H and O–H groups in total. The van der Waals surface area contributed by atoms with Crippen LogP contribution in [0.2, 0.25) is 6.04 Å². The fourth-order valence-corrected chi connectivity index (χ4v) is 4.61. The molecule has 22 heavy (non-hydrogen) atoms. The number of β-amino-alcohol motifs (C(OH)–C–C–N with tert-alkyl or cyclic N) is 1. The number of nitrogens with zero attached hydrogens (tertiary/aromatic N) is 1. The number of aliphatic hydroxyl groups is 1. The summed E-state index contributed by atoms with van der Waals surface area (Å²) in [5.74, 6) is 0. The van der Waals surface area contributed by atoms with Crippen LogP contribution in [0, 0.1) is 0 Å². The van der Waals surface area contributed by atoms with Gasteiger partial charge < -0.3 is 23.1 Å². The highest BCUT2D eigenvalue weighted by atomic mass is 28.4. The minimum atomic E-state index is -2.49. The second-order valence-electron chi connectivity index (χ2n) is 5.97. The Morgan fingerprint density at radius 3 is 2.45 bits per heavy atom. The maximum Gasteiger partial charge on any atom is 0.500 e. The van der Waals surface area contributed by atoms with Crippen molar-refractivity contribution in [3.8, 4) is 0 Å². The number of ether oxygens (including phenoxy) is 1. The van der Waals surface area contributed by atoms with Gasteiger partial charge in [-0.1, -0.05) is 6.42 Å². The Morgan fingerprint density at radius 1 is 1.18 bits per heavy atom. The Bertz CT molecular complexity index is 283. The fourth-order valence-electron chi connectivity index (χ4n) is 2.92. The summed E-state index contributed by atoms with van der Waals surface area (Å²) in [5.41, 5.74) is 0. The van der Waals surface area contributed by atoms with Gasteiger partial charge in [0.25, 0.3) is 0 Å². The third-order valence-electron chi connectivity index (χ3n) is 4.40. The Labute approximate surface area is 136 Å². The van der Waals surface area contributed by atoms with E-state index in [-0.39, 0.29) is 0 Å². The molecule has 2 atom stereocenters. The van der Waals surface area contributed by atoms with Crippen LogP contribution >= 0.6 is 0 Å². The third kappa shape index (κ3) is 6.62. The van der Waals surface area contributed by atoms with E-state index in [1.807, 2.05) is 0 Å². The average molecular weight is 336 g/mol. The summed E-state index contributed by atoms with van der Waals surface area (Å²) >= 11 is 0. The van der Waals surface area contributed by atoms with Crippen LogP contribution in [0.4, 0.5) is 0 Å². The minimum absolute atomic E-state index is 0.380. The molecule has 0 saturated carbocycles. The molecule has 132 valence electrons. The Morgan fingerprint density at radius 2 is 1.86 bits per heavy atom. The molecular formula is C15H33NO5Si. The lowest BCUT2D eigenvalue weighted by Gasteiger charge is -2.34.